The van der Waals surface area contributed by atoms with Crippen LogP contribution in [0, 0.1) is 10.1 Å². The van der Waals surface area contributed by atoms with Crippen molar-refractivity contribution in [2.45, 2.75) is 18.3 Å². The highest BCUT2D eigenvalue weighted by Gasteiger charge is 2.52. The average molecular weight is 395 g/mol. The fraction of sp³-hybridized carbons (Fsp3) is 0.409. The number of carbonyl (C=O) groups excluding carboxylic acids is 1. The molecule has 29 heavy (non-hydrogen) atoms. The Labute approximate surface area is 170 Å². The highest BCUT2D eigenvalue weighted by atomic mass is 16.6. The van der Waals surface area contributed by atoms with Gasteiger partial charge >= 0.3 is 5.97 Å². The van der Waals surface area contributed by atoms with E-state index in [-0.39, 0.29) is 11.7 Å². The smallest absolute Gasteiger partial charge is 0.316 e. The molecule has 1 saturated carbocycles. The second-order valence-electron chi connectivity index (χ2n) is 7.69. The molecule has 1 aliphatic carbocycles. The van der Waals surface area contributed by atoms with Gasteiger partial charge in [-0.25, -0.2) is 0 Å². The predicted molar refractivity (Wildman–Crippen MR) is 110 cm³/mol. The summed E-state index contributed by atoms with van der Waals surface area (Å²) in [5, 5.41) is 10.8. The van der Waals surface area contributed by atoms with E-state index in [1.165, 1.54) is 17.8 Å². The number of ether oxygens (including phenoxy) is 1. The van der Waals surface area contributed by atoms with Gasteiger partial charge in [-0.15, -0.1) is 0 Å². The molecule has 4 rings (SSSR count). The Morgan fingerprint density at radius 3 is 2.24 bits per heavy atom. The van der Waals surface area contributed by atoms with Crippen LogP contribution < -0.4 is 4.90 Å². The summed E-state index contributed by atoms with van der Waals surface area (Å²) in [5.74, 6) is -0.214. The molecule has 0 unspecified atom stereocenters. The Bertz CT molecular complexity index is 857. The minimum absolute atomic E-state index is 0.0348. The van der Waals surface area contributed by atoms with Gasteiger partial charge in [-0.2, -0.15) is 0 Å². The number of nitrogens with zero attached hydrogens (tertiary/aromatic N) is 3. The maximum absolute atomic E-state index is 12.6. The number of rotatable bonds is 7. The molecular weight excluding hydrogens is 370 g/mol. The number of nitro groups is 1. The number of carbonyl (C=O) groups is 1. The second kappa shape index (κ2) is 8.21. The number of hydrogen-bond donors (Lipinski definition) is 0. The van der Waals surface area contributed by atoms with Gasteiger partial charge in [-0.3, -0.25) is 19.8 Å². The summed E-state index contributed by atoms with van der Waals surface area (Å²) in [5.41, 5.74) is 1.48. The van der Waals surface area contributed by atoms with Crippen LogP contribution in [0.3, 0.4) is 0 Å². The summed E-state index contributed by atoms with van der Waals surface area (Å²) in [4.78, 5) is 27.7. The van der Waals surface area contributed by atoms with Crippen molar-refractivity contribution in [2.24, 2.45) is 0 Å². The summed E-state index contributed by atoms with van der Waals surface area (Å²) in [6.07, 6.45) is 1.47. The van der Waals surface area contributed by atoms with Crippen LogP contribution in [0.5, 0.6) is 0 Å². The zero-order chi connectivity index (χ0) is 20.3. The number of non-ortho nitro benzene ring substituents is 1. The first kappa shape index (κ1) is 19.4. The molecule has 2 aliphatic rings. The Morgan fingerprint density at radius 1 is 1.00 bits per heavy atom. The van der Waals surface area contributed by atoms with Crippen molar-refractivity contribution in [1.29, 1.82) is 0 Å². The molecule has 7 nitrogen and oxygen atoms in total. The third-order valence-electron chi connectivity index (χ3n) is 5.91. The molecule has 2 aromatic rings. The standard InChI is InChI=1S/C22H25N3O4/c26-21(22(10-11-22)18-6-8-20(9-7-18)25(27)28)29-17-16-23-12-14-24(15-13-23)19-4-2-1-3-5-19/h1-9H,10-17H2. The highest BCUT2D eigenvalue weighted by molar-refractivity contribution is 5.86. The molecule has 0 aromatic heterocycles. The molecule has 1 aliphatic heterocycles. The van der Waals surface area contributed by atoms with E-state index in [0.717, 1.165) is 51.1 Å². The number of nitro benzene ring substituents is 1. The number of hydrogen-bond acceptors (Lipinski definition) is 6. The highest BCUT2D eigenvalue weighted by Crippen LogP contribution is 2.49. The third-order valence-corrected chi connectivity index (χ3v) is 5.91. The summed E-state index contributed by atoms with van der Waals surface area (Å²) < 4.78 is 5.59. The lowest BCUT2D eigenvalue weighted by atomic mass is 9.96. The maximum atomic E-state index is 12.6. The molecule has 1 saturated heterocycles. The number of benzene rings is 2. The van der Waals surface area contributed by atoms with Crippen LogP contribution in [0.15, 0.2) is 54.6 Å². The van der Waals surface area contributed by atoms with Crippen molar-refractivity contribution in [3.8, 4) is 0 Å². The van der Waals surface area contributed by atoms with Crippen LogP contribution in [-0.2, 0) is 14.9 Å². The van der Waals surface area contributed by atoms with Crippen molar-refractivity contribution in [3.05, 3.63) is 70.3 Å². The van der Waals surface area contributed by atoms with Gasteiger partial charge in [0, 0.05) is 50.5 Å². The topological polar surface area (TPSA) is 75.9 Å². The Hall–Kier alpha value is -2.93. The van der Waals surface area contributed by atoms with Gasteiger partial charge in [-0.1, -0.05) is 30.3 Å². The van der Waals surface area contributed by atoms with E-state index >= 15 is 0 Å². The summed E-state index contributed by atoms with van der Waals surface area (Å²) in [6.45, 7) is 4.92. The molecule has 2 fully saturated rings. The first-order valence-electron chi connectivity index (χ1n) is 10.0. The quantitative estimate of drug-likeness (QED) is 0.408. The van der Waals surface area contributed by atoms with Gasteiger partial charge in [0.2, 0.25) is 0 Å². The zero-order valence-corrected chi connectivity index (χ0v) is 16.3. The summed E-state index contributed by atoms with van der Waals surface area (Å²) >= 11 is 0. The SMILES string of the molecule is O=C(OCCN1CCN(c2ccccc2)CC1)C1(c2ccc([N+](=O)[O-])cc2)CC1. The minimum Gasteiger partial charge on any atom is -0.464 e. The first-order valence-corrected chi connectivity index (χ1v) is 10.0. The van der Waals surface area contributed by atoms with E-state index in [1.54, 1.807) is 12.1 Å². The molecule has 0 radical (unpaired) electrons. The van der Waals surface area contributed by atoms with E-state index in [2.05, 4.69) is 34.1 Å². The molecule has 0 spiro atoms. The van der Waals surface area contributed by atoms with E-state index in [9.17, 15) is 14.9 Å². The Kier molecular flexibility index (Phi) is 5.49. The zero-order valence-electron chi connectivity index (χ0n) is 16.3. The molecular formula is C22H25N3O4. The lowest BCUT2D eigenvalue weighted by Crippen LogP contribution is -2.47. The normalized spacial score (nSPS) is 18.3. The number of esters is 1. The van der Waals surface area contributed by atoms with Gasteiger partial charge in [0.15, 0.2) is 0 Å². The minimum atomic E-state index is -0.610. The van der Waals surface area contributed by atoms with Gasteiger partial charge < -0.3 is 9.64 Å². The molecule has 0 amide bonds. The number of para-hydroxylation sites is 1. The molecule has 0 atom stereocenters. The second-order valence-corrected chi connectivity index (χ2v) is 7.69. The monoisotopic (exact) mass is 395 g/mol. The van der Waals surface area contributed by atoms with Crippen molar-refractivity contribution < 1.29 is 14.5 Å². The van der Waals surface area contributed by atoms with Crippen LogP contribution in [0.1, 0.15) is 18.4 Å². The molecule has 0 bridgehead atoms. The average Bonchev–Trinajstić information content (AvgIpc) is 3.57. The van der Waals surface area contributed by atoms with Crippen molar-refractivity contribution >= 4 is 17.3 Å². The van der Waals surface area contributed by atoms with Crippen molar-refractivity contribution in [1.82, 2.24) is 4.90 Å². The first-order chi connectivity index (χ1) is 14.1. The van der Waals surface area contributed by atoms with Gasteiger partial charge in [-0.05, 0) is 30.5 Å². The lowest BCUT2D eigenvalue weighted by Gasteiger charge is -2.36. The van der Waals surface area contributed by atoms with E-state index in [1.807, 2.05) is 6.07 Å². The predicted octanol–water partition coefficient (Wildman–Crippen LogP) is 2.99. The van der Waals surface area contributed by atoms with Crippen molar-refractivity contribution in [3.63, 3.8) is 0 Å². The van der Waals surface area contributed by atoms with Crippen molar-refractivity contribution in [2.75, 3.05) is 44.2 Å². The van der Waals surface area contributed by atoms with Crippen LogP contribution in [-0.4, -0.2) is 55.1 Å². The molecule has 7 heteroatoms. The Morgan fingerprint density at radius 2 is 1.66 bits per heavy atom. The summed E-state index contributed by atoms with van der Waals surface area (Å²) in [7, 11) is 0. The number of piperazine rings is 1. The van der Waals surface area contributed by atoms with Gasteiger partial charge in [0.1, 0.15) is 6.61 Å². The van der Waals surface area contributed by atoms with Gasteiger partial charge in [0.05, 0.1) is 10.3 Å². The molecule has 2 aromatic carbocycles. The largest absolute Gasteiger partial charge is 0.464 e. The Balaban J connectivity index is 1.24. The van der Waals surface area contributed by atoms with Crippen LogP contribution in [0.4, 0.5) is 11.4 Å². The van der Waals surface area contributed by atoms with Crippen LogP contribution >= 0.6 is 0 Å². The van der Waals surface area contributed by atoms with E-state index < -0.39 is 10.3 Å². The molecule has 0 N–H and O–H groups in total. The van der Waals surface area contributed by atoms with E-state index in [4.69, 9.17) is 4.74 Å². The fourth-order valence-corrected chi connectivity index (χ4v) is 3.91. The third kappa shape index (κ3) is 4.24. The lowest BCUT2D eigenvalue weighted by molar-refractivity contribution is -0.384. The fourth-order valence-electron chi connectivity index (χ4n) is 3.91. The summed E-state index contributed by atoms with van der Waals surface area (Å²) in [6, 6.07) is 16.7. The maximum Gasteiger partial charge on any atom is 0.316 e. The number of anilines is 1. The van der Waals surface area contributed by atoms with Gasteiger partial charge in [0.25, 0.3) is 5.69 Å². The van der Waals surface area contributed by atoms with Crippen LogP contribution in [0.25, 0.3) is 0 Å². The molecule has 1 heterocycles. The molecule has 152 valence electrons. The van der Waals surface area contributed by atoms with Crippen LogP contribution in [0.2, 0.25) is 0 Å². The van der Waals surface area contributed by atoms with E-state index in [0.29, 0.717) is 6.61 Å².